The third-order valence-corrected chi connectivity index (χ3v) is 2.41. The van der Waals surface area contributed by atoms with Gasteiger partial charge in [-0.05, 0) is 18.1 Å². The smallest absolute Gasteiger partial charge is 0.136 e. The lowest BCUT2D eigenvalue weighted by molar-refractivity contribution is 0.819. The van der Waals surface area contributed by atoms with Gasteiger partial charge in [0, 0.05) is 13.5 Å². The van der Waals surface area contributed by atoms with E-state index in [9.17, 15) is 0 Å². The Morgan fingerprint density at radius 1 is 1.29 bits per heavy atom. The average Bonchev–Trinajstić information content (AvgIpc) is 2.56. The fourth-order valence-corrected chi connectivity index (χ4v) is 1.45. The summed E-state index contributed by atoms with van der Waals surface area (Å²) in [4.78, 5) is 0. The first-order valence-corrected chi connectivity index (χ1v) is 4.65. The molecule has 1 aromatic carbocycles. The van der Waals surface area contributed by atoms with Crippen LogP contribution in [0.5, 0.6) is 0 Å². The van der Waals surface area contributed by atoms with Crippen molar-refractivity contribution in [2.75, 3.05) is 0 Å². The molecule has 0 radical (unpaired) electrons. The molecule has 0 saturated heterocycles. The molecule has 3 nitrogen and oxygen atoms in total. The van der Waals surface area contributed by atoms with E-state index in [1.807, 2.05) is 11.6 Å². The second-order valence-corrected chi connectivity index (χ2v) is 3.46. The van der Waals surface area contributed by atoms with Gasteiger partial charge < -0.3 is 4.57 Å². The van der Waals surface area contributed by atoms with Crippen molar-refractivity contribution in [2.24, 2.45) is 7.05 Å². The van der Waals surface area contributed by atoms with E-state index in [0.29, 0.717) is 0 Å². The van der Waals surface area contributed by atoms with Crippen LogP contribution in [0.25, 0.3) is 0 Å². The summed E-state index contributed by atoms with van der Waals surface area (Å²) in [6.07, 6.45) is 2.58. The number of aromatic nitrogens is 3. The zero-order chi connectivity index (χ0) is 9.97. The van der Waals surface area contributed by atoms with Gasteiger partial charge in [-0.3, -0.25) is 0 Å². The number of aryl methyl sites for hydroxylation is 2. The standard InChI is InChI=1S/C11H13N3/c1-9-5-3-4-6-10(9)7-11-13-12-8-14(11)2/h3-6,8H,7H2,1-2H3. The molecule has 0 atom stereocenters. The Morgan fingerprint density at radius 3 is 2.71 bits per heavy atom. The van der Waals surface area contributed by atoms with Crippen LogP contribution < -0.4 is 0 Å². The average molecular weight is 187 g/mol. The van der Waals surface area contributed by atoms with Crippen molar-refractivity contribution in [3.05, 3.63) is 47.5 Å². The van der Waals surface area contributed by atoms with E-state index in [-0.39, 0.29) is 0 Å². The molecule has 3 heteroatoms. The summed E-state index contributed by atoms with van der Waals surface area (Å²) < 4.78 is 1.95. The van der Waals surface area contributed by atoms with Crippen LogP contribution in [0.3, 0.4) is 0 Å². The van der Waals surface area contributed by atoms with Crippen molar-refractivity contribution in [1.82, 2.24) is 14.8 Å². The van der Waals surface area contributed by atoms with Crippen LogP contribution in [0, 0.1) is 6.92 Å². The monoisotopic (exact) mass is 187 g/mol. The number of hydrogen-bond donors (Lipinski definition) is 0. The quantitative estimate of drug-likeness (QED) is 0.716. The summed E-state index contributed by atoms with van der Waals surface area (Å²) in [7, 11) is 1.97. The first kappa shape index (κ1) is 8.94. The molecule has 0 aliphatic heterocycles. The van der Waals surface area contributed by atoms with Crippen molar-refractivity contribution in [2.45, 2.75) is 13.3 Å². The molecule has 0 unspecified atom stereocenters. The fraction of sp³-hybridized carbons (Fsp3) is 0.273. The minimum Gasteiger partial charge on any atom is -0.320 e. The van der Waals surface area contributed by atoms with E-state index in [1.54, 1.807) is 6.33 Å². The van der Waals surface area contributed by atoms with Crippen LogP contribution in [0.4, 0.5) is 0 Å². The number of hydrogen-bond acceptors (Lipinski definition) is 2. The summed E-state index contributed by atoms with van der Waals surface area (Å²) in [5, 5.41) is 7.93. The summed E-state index contributed by atoms with van der Waals surface area (Å²) in [6.45, 7) is 2.12. The van der Waals surface area contributed by atoms with Gasteiger partial charge in [0.25, 0.3) is 0 Å². The molecule has 0 saturated carbocycles. The second-order valence-electron chi connectivity index (χ2n) is 3.46. The Morgan fingerprint density at radius 2 is 2.07 bits per heavy atom. The number of benzene rings is 1. The van der Waals surface area contributed by atoms with E-state index in [4.69, 9.17) is 0 Å². The molecular formula is C11H13N3. The lowest BCUT2D eigenvalue weighted by Gasteiger charge is -2.04. The molecule has 0 amide bonds. The normalized spacial score (nSPS) is 10.4. The number of rotatable bonds is 2. The molecule has 0 aliphatic rings. The Labute approximate surface area is 83.4 Å². The van der Waals surface area contributed by atoms with E-state index in [1.165, 1.54) is 11.1 Å². The minimum absolute atomic E-state index is 0.850. The molecule has 0 spiro atoms. The van der Waals surface area contributed by atoms with Gasteiger partial charge in [0.05, 0.1) is 0 Å². The van der Waals surface area contributed by atoms with Crippen LogP contribution in [-0.4, -0.2) is 14.8 Å². The molecule has 14 heavy (non-hydrogen) atoms. The van der Waals surface area contributed by atoms with Gasteiger partial charge in [-0.15, -0.1) is 10.2 Å². The topological polar surface area (TPSA) is 30.7 Å². The van der Waals surface area contributed by atoms with Gasteiger partial charge in [0.2, 0.25) is 0 Å². The van der Waals surface area contributed by atoms with Crippen LogP contribution in [0.15, 0.2) is 30.6 Å². The molecule has 0 fully saturated rings. The van der Waals surface area contributed by atoms with E-state index >= 15 is 0 Å². The summed E-state index contributed by atoms with van der Waals surface area (Å²) in [5.74, 6) is 0.999. The molecule has 1 aromatic heterocycles. The van der Waals surface area contributed by atoms with Crippen molar-refractivity contribution in [3.8, 4) is 0 Å². The molecule has 1 heterocycles. The third-order valence-electron chi connectivity index (χ3n) is 2.41. The molecular weight excluding hydrogens is 174 g/mol. The molecule has 2 aromatic rings. The largest absolute Gasteiger partial charge is 0.320 e. The van der Waals surface area contributed by atoms with E-state index < -0.39 is 0 Å². The molecule has 0 aliphatic carbocycles. The summed E-state index contributed by atoms with van der Waals surface area (Å²) in [6, 6.07) is 8.35. The highest BCUT2D eigenvalue weighted by Crippen LogP contribution is 2.10. The summed E-state index contributed by atoms with van der Waals surface area (Å²) >= 11 is 0. The van der Waals surface area contributed by atoms with Gasteiger partial charge in [-0.25, -0.2) is 0 Å². The zero-order valence-electron chi connectivity index (χ0n) is 8.44. The van der Waals surface area contributed by atoms with Crippen LogP contribution in [-0.2, 0) is 13.5 Å². The second kappa shape index (κ2) is 3.62. The van der Waals surface area contributed by atoms with Gasteiger partial charge >= 0.3 is 0 Å². The Balaban J connectivity index is 2.28. The zero-order valence-corrected chi connectivity index (χ0v) is 8.44. The van der Waals surface area contributed by atoms with Crippen molar-refractivity contribution in [1.29, 1.82) is 0 Å². The maximum atomic E-state index is 4.07. The molecule has 0 N–H and O–H groups in total. The van der Waals surface area contributed by atoms with Gasteiger partial charge in [0.15, 0.2) is 0 Å². The predicted molar refractivity (Wildman–Crippen MR) is 55.0 cm³/mol. The minimum atomic E-state index is 0.850. The van der Waals surface area contributed by atoms with Gasteiger partial charge in [0.1, 0.15) is 12.2 Å². The molecule has 72 valence electrons. The first-order valence-electron chi connectivity index (χ1n) is 4.65. The van der Waals surface area contributed by atoms with Crippen molar-refractivity contribution >= 4 is 0 Å². The third kappa shape index (κ3) is 1.66. The Bertz CT molecular complexity index is 432. The highest BCUT2D eigenvalue weighted by Gasteiger charge is 2.03. The lowest BCUT2D eigenvalue weighted by Crippen LogP contribution is -1.99. The van der Waals surface area contributed by atoms with Gasteiger partial charge in [-0.1, -0.05) is 24.3 Å². The highest BCUT2D eigenvalue weighted by atomic mass is 15.2. The maximum absolute atomic E-state index is 4.07. The van der Waals surface area contributed by atoms with E-state index in [2.05, 4.69) is 41.4 Å². The first-order chi connectivity index (χ1) is 6.77. The Kier molecular flexibility index (Phi) is 2.31. The molecule has 0 bridgehead atoms. The SMILES string of the molecule is Cc1ccccc1Cc1nncn1C. The number of nitrogens with zero attached hydrogens (tertiary/aromatic N) is 3. The van der Waals surface area contributed by atoms with Crippen molar-refractivity contribution < 1.29 is 0 Å². The predicted octanol–water partition coefficient (Wildman–Crippen LogP) is 1.71. The van der Waals surface area contributed by atoms with E-state index in [0.717, 1.165) is 12.2 Å². The van der Waals surface area contributed by atoms with Crippen molar-refractivity contribution in [3.63, 3.8) is 0 Å². The molecule has 2 rings (SSSR count). The maximum Gasteiger partial charge on any atom is 0.136 e. The Hall–Kier alpha value is -1.64. The lowest BCUT2D eigenvalue weighted by atomic mass is 10.1. The van der Waals surface area contributed by atoms with Crippen LogP contribution in [0.1, 0.15) is 17.0 Å². The van der Waals surface area contributed by atoms with Crippen LogP contribution >= 0.6 is 0 Å². The van der Waals surface area contributed by atoms with Gasteiger partial charge in [-0.2, -0.15) is 0 Å². The van der Waals surface area contributed by atoms with Crippen LogP contribution in [0.2, 0.25) is 0 Å². The highest BCUT2D eigenvalue weighted by molar-refractivity contribution is 5.28. The fourth-order valence-electron chi connectivity index (χ4n) is 1.45. The summed E-state index contributed by atoms with van der Waals surface area (Å²) in [5.41, 5.74) is 2.61.